The Bertz CT molecular complexity index is 413. The maximum absolute atomic E-state index is 5.88. The third-order valence-electron chi connectivity index (χ3n) is 3.09. The maximum Gasteiger partial charge on any atom is 0.165 e. The number of benzene rings is 1. The van der Waals surface area contributed by atoms with Gasteiger partial charge in [-0.05, 0) is 32.3 Å². The van der Waals surface area contributed by atoms with E-state index in [9.17, 15) is 0 Å². The molecule has 1 aromatic carbocycles. The molecule has 1 N–H and O–H groups in total. The normalized spacial score (nSPS) is 14.2. The van der Waals surface area contributed by atoms with E-state index in [4.69, 9.17) is 9.47 Å². The van der Waals surface area contributed by atoms with Gasteiger partial charge in [0.15, 0.2) is 11.5 Å². The second kappa shape index (κ2) is 7.19. The number of nitrogens with one attached hydrogen (secondary N) is 1. The molecule has 1 aromatic rings. The molecule has 19 heavy (non-hydrogen) atoms. The van der Waals surface area contributed by atoms with E-state index in [1.165, 1.54) is 18.4 Å². The van der Waals surface area contributed by atoms with Gasteiger partial charge in [-0.3, -0.25) is 0 Å². The molecule has 0 heterocycles. The number of para-hydroxylation sites is 1. The lowest BCUT2D eigenvalue weighted by Crippen LogP contribution is -2.16. The Hall–Kier alpha value is -1.48. The van der Waals surface area contributed by atoms with E-state index < -0.39 is 0 Å². The summed E-state index contributed by atoms with van der Waals surface area (Å²) >= 11 is 0. The molecule has 1 aliphatic carbocycles. The molecule has 0 bridgehead atoms. The standard InChI is InChI=1S/C16H23NO2/c1-3-5-11-19-16-13(12-17-14-9-10-14)7-6-8-15(16)18-4-2/h3,6-8,14,17H,1,4-5,9-12H2,2H3. The molecule has 0 saturated heterocycles. The number of rotatable bonds is 9. The van der Waals surface area contributed by atoms with E-state index in [2.05, 4.69) is 18.0 Å². The van der Waals surface area contributed by atoms with Gasteiger partial charge < -0.3 is 14.8 Å². The molecular weight excluding hydrogens is 238 g/mol. The monoisotopic (exact) mass is 261 g/mol. The summed E-state index contributed by atoms with van der Waals surface area (Å²) in [6.45, 7) is 7.84. The average Bonchev–Trinajstić information content (AvgIpc) is 3.23. The highest BCUT2D eigenvalue weighted by Crippen LogP contribution is 2.32. The van der Waals surface area contributed by atoms with Crippen molar-refractivity contribution in [2.45, 2.75) is 38.8 Å². The SMILES string of the molecule is C=CCCOc1c(CNC2CC2)cccc1OCC. The van der Waals surface area contributed by atoms with E-state index in [0.29, 0.717) is 19.3 Å². The Morgan fingerprint density at radius 2 is 2.21 bits per heavy atom. The number of hydrogen-bond donors (Lipinski definition) is 1. The molecule has 2 rings (SSSR count). The van der Waals surface area contributed by atoms with E-state index in [-0.39, 0.29) is 0 Å². The minimum Gasteiger partial charge on any atom is -0.490 e. The van der Waals surface area contributed by atoms with Crippen LogP contribution in [0.3, 0.4) is 0 Å². The largest absolute Gasteiger partial charge is 0.490 e. The van der Waals surface area contributed by atoms with Crippen LogP contribution in [0.4, 0.5) is 0 Å². The Labute approximate surface area is 115 Å². The third-order valence-corrected chi connectivity index (χ3v) is 3.09. The quantitative estimate of drug-likeness (QED) is 0.546. The van der Waals surface area contributed by atoms with Gasteiger partial charge in [0.25, 0.3) is 0 Å². The molecule has 3 nitrogen and oxygen atoms in total. The van der Waals surface area contributed by atoms with Crippen LogP contribution in [-0.4, -0.2) is 19.3 Å². The maximum atomic E-state index is 5.88. The van der Waals surface area contributed by atoms with Gasteiger partial charge in [0, 0.05) is 18.2 Å². The summed E-state index contributed by atoms with van der Waals surface area (Å²) in [6, 6.07) is 6.78. The topological polar surface area (TPSA) is 30.5 Å². The highest BCUT2D eigenvalue weighted by molar-refractivity contribution is 5.46. The molecule has 0 amide bonds. The lowest BCUT2D eigenvalue weighted by atomic mass is 10.2. The summed E-state index contributed by atoms with van der Waals surface area (Å²) in [5.74, 6) is 1.71. The summed E-state index contributed by atoms with van der Waals surface area (Å²) in [6.07, 6.45) is 5.29. The summed E-state index contributed by atoms with van der Waals surface area (Å²) in [7, 11) is 0. The van der Waals surface area contributed by atoms with E-state index in [1.807, 2.05) is 25.1 Å². The lowest BCUT2D eigenvalue weighted by Gasteiger charge is -2.16. The molecule has 1 fully saturated rings. The fourth-order valence-corrected chi connectivity index (χ4v) is 1.92. The first kappa shape index (κ1) is 13.9. The van der Waals surface area contributed by atoms with Gasteiger partial charge in [-0.25, -0.2) is 0 Å². The molecule has 1 aliphatic rings. The van der Waals surface area contributed by atoms with Gasteiger partial charge in [0.2, 0.25) is 0 Å². The summed E-state index contributed by atoms with van der Waals surface area (Å²) in [5, 5.41) is 3.52. The second-order valence-electron chi connectivity index (χ2n) is 4.76. The average molecular weight is 261 g/mol. The first-order valence-corrected chi connectivity index (χ1v) is 7.07. The zero-order valence-electron chi connectivity index (χ0n) is 11.7. The Kier molecular flexibility index (Phi) is 5.28. The third kappa shape index (κ3) is 4.28. The molecule has 1 saturated carbocycles. The van der Waals surface area contributed by atoms with Crippen LogP contribution >= 0.6 is 0 Å². The zero-order chi connectivity index (χ0) is 13.5. The predicted molar refractivity (Wildman–Crippen MR) is 77.8 cm³/mol. The molecule has 104 valence electrons. The molecule has 0 radical (unpaired) electrons. The van der Waals surface area contributed by atoms with Crippen molar-refractivity contribution in [2.75, 3.05) is 13.2 Å². The molecule has 0 aromatic heterocycles. The number of hydrogen-bond acceptors (Lipinski definition) is 3. The second-order valence-corrected chi connectivity index (χ2v) is 4.76. The summed E-state index contributed by atoms with van der Waals surface area (Å²) < 4.78 is 11.5. The Morgan fingerprint density at radius 1 is 1.37 bits per heavy atom. The first-order valence-electron chi connectivity index (χ1n) is 7.07. The fourth-order valence-electron chi connectivity index (χ4n) is 1.92. The summed E-state index contributed by atoms with van der Waals surface area (Å²) in [5.41, 5.74) is 1.17. The van der Waals surface area contributed by atoms with E-state index >= 15 is 0 Å². The van der Waals surface area contributed by atoms with Gasteiger partial charge in [-0.15, -0.1) is 6.58 Å². The van der Waals surface area contributed by atoms with Crippen LogP contribution in [-0.2, 0) is 6.54 Å². The Morgan fingerprint density at radius 3 is 2.89 bits per heavy atom. The summed E-state index contributed by atoms with van der Waals surface area (Å²) in [4.78, 5) is 0. The Balaban J connectivity index is 2.07. The van der Waals surface area contributed by atoms with Crippen molar-refractivity contribution in [1.29, 1.82) is 0 Å². The van der Waals surface area contributed by atoms with Gasteiger partial charge in [-0.2, -0.15) is 0 Å². The van der Waals surface area contributed by atoms with Crippen LogP contribution in [0.25, 0.3) is 0 Å². The van der Waals surface area contributed by atoms with Crippen molar-refractivity contribution in [2.24, 2.45) is 0 Å². The minimum atomic E-state index is 0.643. The first-order chi connectivity index (χ1) is 9.35. The van der Waals surface area contributed by atoms with Gasteiger partial charge in [0.05, 0.1) is 13.2 Å². The molecule has 0 spiro atoms. The van der Waals surface area contributed by atoms with Gasteiger partial charge in [0.1, 0.15) is 0 Å². The molecular formula is C16H23NO2. The van der Waals surface area contributed by atoms with E-state index in [0.717, 1.165) is 24.5 Å². The molecule has 0 unspecified atom stereocenters. The van der Waals surface area contributed by atoms with Gasteiger partial charge >= 0.3 is 0 Å². The van der Waals surface area contributed by atoms with Crippen LogP contribution < -0.4 is 14.8 Å². The van der Waals surface area contributed by atoms with Crippen molar-refractivity contribution in [1.82, 2.24) is 5.32 Å². The highest BCUT2D eigenvalue weighted by atomic mass is 16.5. The minimum absolute atomic E-state index is 0.643. The highest BCUT2D eigenvalue weighted by Gasteiger charge is 2.21. The smallest absolute Gasteiger partial charge is 0.165 e. The van der Waals surface area contributed by atoms with Crippen LogP contribution in [0, 0.1) is 0 Å². The molecule has 3 heteroatoms. The fraction of sp³-hybridized carbons (Fsp3) is 0.500. The van der Waals surface area contributed by atoms with Crippen LogP contribution in [0.15, 0.2) is 30.9 Å². The van der Waals surface area contributed by atoms with Crippen LogP contribution in [0.2, 0.25) is 0 Å². The zero-order valence-corrected chi connectivity index (χ0v) is 11.7. The molecule has 0 aliphatic heterocycles. The van der Waals surface area contributed by atoms with Crippen molar-refractivity contribution in [3.05, 3.63) is 36.4 Å². The van der Waals surface area contributed by atoms with Crippen molar-refractivity contribution in [3.63, 3.8) is 0 Å². The molecule has 0 atom stereocenters. The van der Waals surface area contributed by atoms with Crippen molar-refractivity contribution >= 4 is 0 Å². The van der Waals surface area contributed by atoms with Crippen LogP contribution in [0.5, 0.6) is 11.5 Å². The van der Waals surface area contributed by atoms with Crippen molar-refractivity contribution < 1.29 is 9.47 Å². The van der Waals surface area contributed by atoms with Crippen LogP contribution in [0.1, 0.15) is 31.7 Å². The van der Waals surface area contributed by atoms with E-state index in [1.54, 1.807) is 0 Å². The lowest BCUT2D eigenvalue weighted by molar-refractivity contribution is 0.277. The van der Waals surface area contributed by atoms with Gasteiger partial charge in [-0.1, -0.05) is 18.2 Å². The van der Waals surface area contributed by atoms with Crippen molar-refractivity contribution in [3.8, 4) is 11.5 Å². The predicted octanol–water partition coefficient (Wildman–Crippen LogP) is 3.29. The number of ether oxygens (including phenoxy) is 2.